The highest BCUT2D eigenvalue weighted by molar-refractivity contribution is 5.78. The van der Waals surface area contributed by atoms with E-state index in [1.165, 1.54) is 6.07 Å². The van der Waals surface area contributed by atoms with Gasteiger partial charge in [0.2, 0.25) is 11.5 Å². The molecule has 8 nitrogen and oxygen atoms in total. The van der Waals surface area contributed by atoms with Gasteiger partial charge in [0, 0.05) is 37.6 Å². The lowest BCUT2D eigenvalue weighted by molar-refractivity contribution is 0.589. The number of nitrogens with zero attached hydrogens (tertiary/aromatic N) is 4. The Kier molecular flexibility index (Phi) is 4.02. The second-order valence-electron chi connectivity index (χ2n) is 5.98. The first-order chi connectivity index (χ1) is 12.2. The Labute approximate surface area is 144 Å². The van der Waals surface area contributed by atoms with Crippen LogP contribution in [0.2, 0.25) is 0 Å². The van der Waals surface area contributed by atoms with Crippen LogP contribution in [0.3, 0.4) is 0 Å². The van der Waals surface area contributed by atoms with E-state index in [0.717, 1.165) is 42.9 Å². The van der Waals surface area contributed by atoms with Gasteiger partial charge in [-0.05, 0) is 25.1 Å². The lowest BCUT2D eigenvalue weighted by Crippen LogP contribution is -2.43. The molecule has 3 aromatic heterocycles. The maximum atomic E-state index is 11.5. The number of rotatable bonds is 3. The lowest BCUT2D eigenvalue weighted by atomic mass is 10.2. The number of fused-ring (bicyclic) bond motifs is 1. The number of pyridine rings is 2. The number of aromatic amines is 1. The molecular formula is C17H19N7O. The van der Waals surface area contributed by atoms with Crippen LogP contribution in [-0.2, 0) is 0 Å². The zero-order chi connectivity index (χ0) is 17.2. The monoisotopic (exact) mass is 337 g/mol. The molecule has 1 aliphatic heterocycles. The molecule has 1 fully saturated rings. The minimum absolute atomic E-state index is 0.185. The summed E-state index contributed by atoms with van der Waals surface area (Å²) >= 11 is 0. The van der Waals surface area contributed by atoms with Crippen molar-refractivity contribution < 1.29 is 0 Å². The fraction of sp³-hybridized carbons (Fsp3) is 0.294. The molecule has 8 heteroatoms. The molecule has 128 valence electrons. The van der Waals surface area contributed by atoms with E-state index in [1.54, 1.807) is 6.07 Å². The summed E-state index contributed by atoms with van der Waals surface area (Å²) < 4.78 is 0. The van der Waals surface area contributed by atoms with Crippen LogP contribution in [0, 0.1) is 6.92 Å². The van der Waals surface area contributed by atoms with E-state index in [-0.39, 0.29) is 5.56 Å². The predicted molar refractivity (Wildman–Crippen MR) is 97.5 cm³/mol. The van der Waals surface area contributed by atoms with Crippen molar-refractivity contribution in [3.63, 3.8) is 0 Å². The quantitative estimate of drug-likeness (QED) is 0.660. The second kappa shape index (κ2) is 6.48. The van der Waals surface area contributed by atoms with E-state index in [0.29, 0.717) is 17.4 Å². The van der Waals surface area contributed by atoms with Gasteiger partial charge < -0.3 is 20.5 Å². The molecule has 0 aromatic carbocycles. The molecule has 4 heterocycles. The molecule has 1 aliphatic rings. The zero-order valence-corrected chi connectivity index (χ0v) is 13.9. The van der Waals surface area contributed by atoms with Crippen molar-refractivity contribution in [2.75, 3.05) is 36.4 Å². The Balaban J connectivity index is 1.57. The minimum atomic E-state index is -0.185. The first-order valence-corrected chi connectivity index (χ1v) is 8.25. The van der Waals surface area contributed by atoms with E-state index < -0.39 is 0 Å². The molecule has 0 spiro atoms. The summed E-state index contributed by atoms with van der Waals surface area (Å²) in [6.07, 6.45) is 1.85. The van der Waals surface area contributed by atoms with Gasteiger partial charge in [-0.1, -0.05) is 0 Å². The van der Waals surface area contributed by atoms with Gasteiger partial charge in [-0.15, -0.1) is 0 Å². The highest BCUT2D eigenvalue weighted by Gasteiger charge is 2.11. The van der Waals surface area contributed by atoms with Crippen molar-refractivity contribution in [3.05, 3.63) is 46.5 Å². The van der Waals surface area contributed by atoms with E-state index in [9.17, 15) is 4.79 Å². The SMILES string of the molecule is Cc1nc(Nc2ccc(N3CCNCC3)cn2)nc2[nH]c(=O)ccc12. The summed E-state index contributed by atoms with van der Waals surface area (Å²) in [6, 6.07) is 7.15. The van der Waals surface area contributed by atoms with Gasteiger partial charge >= 0.3 is 0 Å². The van der Waals surface area contributed by atoms with Crippen LogP contribution < -0.4 is 21.1 Å². The minimum Gasteiger partial charge on any atom is -0.368 e. The molecule has 3 N–H and O–H groups in total. The third-order valence-electron chi connectivity index (χ3n) is 4.25. The summed E-state index contributed by atoms with van der Waals surface area (Å²) in [6.45, 7) is 5.82. The number of H-pyrrole nitrogens is 1. The van der Waals surface area contributed by atoms with E-state index in [1.807, 2.05) is 25.3 Å². The van der Waals surface area contributed by atoms with Crippen molar-refractivity contribution in [2.24, 2.45) is 0 Å². The third kappa shape index (κ3) is 3.29. The topological polar surface area (TPSA) is 98.8 Å². The Hall–Kier alpha value is -3.00. The number of piperazine rings is 1. The van der Waals surface area contributed by atoms with Gasteiger partial charge in [0.1, 0.15) is 11.5 Å². The van der Waals surface area contributed by atoms with Crippen LogP contribution in [0.25, 0.3) is 11.0 Å². The van der Waals surface area contributed by atoms with Crippen molar-refractivity contribution in [3.8, 4) is 0 Å². The molecular weight excluding hydrogens is 318 g/mol. The second-order valence-corrected chi connectivity index (χ2v) is 5.98. The third-order valence-corrected chi connectivity index (χ3v) is 4.25. The van der Waals surface area contributed by atoms with Crippen LogP contribution in [0.4, 0.5) is 17.5 Å². The number of anilines is 3. The molecule has 4 rings (SSSR count). The average molecular weight is 337 g/mol. The summed E-state index contributed by atoms with van der Waals surface area (Å²) in [5, 5.41) is 7.26. The van der Waals surface area contributed by atoms with Crippen LogP contribution in [0.5, 0.6) is 0 Å². The van der Waals surface area contributed by atoms with E-state index in [4.69, 9.17) is 0 Å². The van der Waals surface area contributed by atoms with Crippen LogP contribution in [0.15, 0.2) is 35.3 Å². The summed E-state index contributed by atoms with van der Waals surface area (Å²) in [5.74, 6) is 1.07. The normalized spacial score (nSPS) is 14.7. The van der Waals surface area contributed by atoms with Gasteiger partial charge in [-0.2, -0.15) is 4.98 Å². The van der Waals surface area contributed by atoms with E-state index >= 15 is 0 Å². The maximum Gasteiger partial charge on any atom is 0.249 e. The molecule has 0 aliphatic carbocycles. The Morgan fingerprint density at radius 1 is 1.12 bits per heavy atom. The van der Waals surface area contributed by atoms with Gasteiger partial charge in [0.15, 0.2) is 0 Å². The Bertz CT molecular complexity index is 945. The molecule has 1 saturated heterocycles. The summed E-state index contributed by atoms with van der Waals surface area (Å²) in [7, 11) is 0. The summed E-state index contributed by atoms with van der Waals surface area (Å²) in [4.78, 5) is 29.8. The largest absolute Gasteiger partial charge is 0.368 e. The molecule has 0 saturated carbocycles. The molecule has 25 heavy (non-hydrogen) atoms. The first kappa shape index (κ1) is 15.5. The molecule has 3 aromatic rings. The fourth-order valence-corrected chi connectivity index (χ4v) is 2.93. The molecule has 0 atom stereocenters. The van der Waals surface area contributed by atoms with Gasteiger partial charge in [0.25, 0.3) is 0 Å². The molecule has 0 amide bonds. The number of hydrogen-bond acceptors (Lipinski definition) is 7. The fourth-order valence-electron chi connectivity index (χ4n) is 2.93. The smallest absolute Gasteiger partial charge is 0.249 e. The highest BCUT2D eigenvalue weighted by atomic mass is 16.1. The van der Waals surface area contributed by atoms with Crippen molar-refractivity contribution in [2.45, 2.75) is 6.92 Å². The average Bonchev–Trinajstić information content (AvgIpc) is 2.63. The maximum absolute atomic E-state index is 11.5. The van der Waals surface area contributed by atoms with Crippen molar-refractivity contribution in [1.29, 1.82) is 0 Å². The number of aryl methyl sites for hydroxylation is 1. The molecule has 0 bridgehead atoms. The van der Waals surface area contributed by atoms with E-state index in [2.05, 4.69) is 35.5 Å². The van der Waals surface area contributed by atoms with Crippen LogP contribution in [-0.4, -0.2) is 46.1 Å². The van der Waals surface area contributed by atoms with Gasteiger partial charge in [-0.25, -0.2) is 9.97 Å². The molecule has 0 radical (unpaired) electrons. The first-order valence-electron chi connectivity index (χ1n) is 8.25. The van der Waals surface area contributed by atoms with Crippen LogP contribution >= 0.6 is 0 Å². The Morgan fingerprint density at radius 2 is 1.96 bits per heavy atom. The Morgan fingerprint density at radius 3 is 2.72 bits per heavy atom. The van der Waals surface area contributed by atoms with Gasteiger partial charge in [-0.3, -0.25) is 4.79 Å². The molecule has 0 unspecified atom stereocenters. The van der Waals surface area contributed by atoms with Gasteiger partial charge in [0.05, 0.1) is 17.6 Å². The van der Waals surface area contributed by atoms with Crippen molar-refractivity contribution in [1.82, 2.24) is 25.3 Å². The predicted octanol–water partition coefficient (Wildman–Crippen LogP) is 1.17. The zero-order valence-electron chi connectivity index (χ0n) is 13.9. The standard InChI is InChI=1S/C17H19N7O/c1-11-13-3-5-15(25)22-16(13)23-17(20-11)21-14-4-2-12(10-19-14)24-8-6-18-7-9-24/h2-5,10,18H,6-9H2,1H3,(H2,19,20,21,22,23,25). The number of nitrogens with one attached hydrogen (secondary N) is 3. The van der Waals surface area contributed by atoms with Crippen molar-refractivity contribution >= 4 is 28.5 Å². The lowest BCUT2D eigenvalue weighted by Gasteiger charge is -2.29. The highest BCUT2D eigenvalue weighted by Crippen LogP contribution is 2.19. The summed E-state index contributed by atoms with van der Waals surface area (Å²) in [5.41, 5.74) is 2.23. The van der Waals surface area contributed by atoms with Crippen LogP contribution in [0.1, 0.15) is 5.69 Å². The number of aromatic nitrogens is 4. The number of hydrogen-bond donors (Lipinski definition) is 3.